The van der Waals surface area contributed by atoms with Gasteiger partial charge in [-0.1, -0.05) is 13.8 Å². The molecule has 1 aliphatic carbocycles. The molecule has 1 unspecified atom stereocenters. The highest BCUT2D eigenvalue weighted by atomic mass is 19.4. The van der Waals surface area contributed by atoms with E-state index in [0.717, 1.165) is 6.42 Å². The monoisotopic (exact) mass is 166 g/mol. The molecule has 0 aromatic carbocycles. The summed E-state index contributed by atoms with van der Waals surface area (Å²) in [5, 5.41) is 0. The van der Waals surface area contributed by atoms with Crippen molar-refractivity contribution in [1.82, 2.24) is 0 Å². The second kappa shape index (κ2) is 2.68. The van der Waals surface area contributed by atoms with Gasteiger partial charge in [0.1, 0.15) is 0 Å². The van der Waals surface area contributed by atoms with Crippen molar-refractivity contribution in [2.75, 3.05) is 0 Å². The molecule has 0 aromatic rings. The lowest BCUT2D eigenvalue weighted by Gasteiger charge is -2.40. The summed E-state index contributed by atoms with van der Waals surface area (Å²) in [4.78, 5) is 0. The predicted octanol–water partition coefficient (Wildman–Crippen LogP) is 3.23. The van der Waals surface area contributed by atoms with Crippen molar-refractivity contribution < 1.29 is 13.2 Å². The first-order valence-electron chi connectivity index (χ1n) is 3.99. The zero-order valence-electron chi connectivity index (χ0n) is 6.78. The molecule has 3 heteroatoms. The Morgan fingerprint density at radius 3 is 1.82 bits per heavy atom. The molecular weight excluding hydrogens is 153 g/mol. The van der Waals surface area contributed by atoms with E-state index in [-0.39, 0.29) is 11.8 Å². The molecule has 1 aliphatic rings. The molecule has 0 amide bonds. The second-order valence-corrected chi connectivity index (χ2v) is 3.63. The Morgan fingerprint density at radius 2 is 1.73 bits per heavy atom. The Bertz CT molecular complexity index is 137. The molecule has 1 rings (SSSR count). The summed E-state index contributed by atoms with van der Waals surface area (Å²) in [6.07, 6.45) is -2.86. The van der Waals surface area contributed by atoms with Crippen LogP contribution in [0.15, 0.2) is 0 Å². The van der Waals surface area contributed by atoms with E-state index in [9.17, 15) is 13.2 Å². The van der Waals surface area contributed by atoms with Gasteiger partial charge in [-0.25, -0.2) is 0 Å². The molecule has 0 spiro atoms. The number of rotatable bonds is 1. The van der Waals surface area contributed by atoms with E-state index < -0.39 is 12.1 Å². The fraction of sp³-hybridized carbons (Fsp3) is 1.00. The summed E-state index contributed by atoms with van der Waals surface area (Å²) in [5.74, 6) is -0.951. The lowest BCUT2D eigenvalue weighted by Crippen LogP contribution is -2.40. The van der Waals surface area contributed by atoms with Crippen molar-refractivity contribution in [1.29, 1.82) is 0 Å². The van der Waals surface area contributed by atoms with Gasteiger partial charge in [-0.15, -0.1) is 0 Å². The van der Waals surface area contributed by atoms with E-state index in [1.807, 2.05) is 13.8 Å². The molecule has 1 fully saturated rings. The third kappa shape index (κ3) is 1.68. The molecule has 0 saturated heterocycles. The summed E-state index contributed by atoms with van der Waals surface area (Å²) in [7, 11) is 0. The van der Waals surface area contributed by atoms with E-state index in [1.54, 1.807) is 0 Å². The molecular formula is C8H13F3. The normalized spacial score (nSPS) is 32.2. The van der Waals surface area contributed by atoms with E-state index in [0.29, 0.717) is 6.42 Å². The summed E-state index contributed by atoms with van der Waals surface area (Å²) < 4.78 is 36.3. The molecule has 0 bridgehead atoms. The molecule has 0 aliphatic heterocycles. The lowest BCUT2D eigenvalue weighted by atomic mass is 9.68. The molecule has 0 nitrogen and oxygen atoms in total. The van der Waals surface area contributed by atoms with Gasteiger partial charge in [0.25, 0.3) is 0 Å². The van der Waals surface area contributed by atoms with Gasteiger partial charge in [-0.3, -0.25) is 0 Å². The Hall–Kier alpha value is -0.210. The Balaban J connectivity index is 2.50. The second-order valence-electron chi connectivity index (χ2n) is 3.63. The van der Waals surface area contributed by atoms with Crippen LogP contribution in [0.2, 0.25) is 0 Å². The number of hydrogen-bond acceptors (Lipinski definition) is 0. The SMILES string of the molecule is CC(C)C1CC[C@H]1C(F)(F)F. The number of halogens is 3. The van der Waals surface area contributed by atoms with Crippen molar-refractivity contribution in [3.05, 3.63) is 0 Å². The summed E-state index contributed by atoms with van der Waals surface area (Å²) in [6, 6.07) is 0. The fourth-order valence-corrected chi connectivity index (χ4v) is 1.73. The van der Waals surface area contributed by atoms with Gasteiger partial charge in [0.15, 0.2) is 0 Å². The van der Waals surface area contributed by atoms with Gasteiger partial charge >= 0.3 is 6.18 Å². The van der Waals surface area contributed by atoms with Crippen LogP contribution in [-0.4, -0.2) is 6.18 Å². The zero-order chi connectivity index (χ0) is 8.65. The summed E-state index contributed by atoms with van der Waals surface area (Å²) in [6.45, 7) is 3.73. The van der Waals surface area contributed by atoms with E-state index in [1.165, 1.54) is 0 Å². The standard InChI is InChI=1S/C8H13F3/c1-5(2)6-3-4-7(6)8(9,10)11/h5-7H,3-4H2,1-2H3/t6?,7-/m1/s1. The van der Waals surface area contributed by atoms with Gasteiger partial charge in [0, 0.05) is 0 Å². The van der Waals surface area contributed by atoms with Crippen LogP contribution in [0.3, 0.4) is 0 Å². The van der Waals surface area contributed by atoms with Crippen molar-refractivity contribution >= 4 is 0 Å². The summed E-state index contributed by atoms with van der Waals surface area (Å²) >= 11 is 0. The van der Waals surface area contributed by atoms with Crippen molar-refractivity contribution in [3.63, 3.8) is 0 Å². The Labute approximate surface area is 64.8 Å². The van der Waals surface area contributed by atoms with Crippen LogP contribution in [0, 0.1) is 17.8 Å². The van der Waals surface area contributed by atoms with Gasteiger partial charge in [0.05, 0.1) is 5.92 Å². The van der Waals surface area contributed by atoms with Gasteiger partial charge < -0.3 is 0 Å². The first kappa shape index (κ1) is 8.88. The van der Waals surface area contributed by atoms with Crippen LogP contribution in [0.5, 0.6) is 0 Å². The third-order valence-electron chi connectivity index (χ3n) is 2.60. The highest BCUT2D eigenvalue weighted by Crippen LogP contribution is 2.48. The first-order valence-corrected chi connectivity index (χ1v) is 3.99. The highest BCUT2D eigenvalue weighted by molar-refractivity contribution is 4.87. The molecule has 11 heavy (non-hydrogen) atoms. The minimum Gasteiger partial charge on any atom is -0.171 e. The fourth-order valence-electron chi connectivity index (χ4n) is 1.73. The minimum atomic E-state index is -3.95. The minimum absolute atomic E-state index is 0.116. The number of hydrogen-bond donors (Lipinski definition) is 0. The van der Waals surface area contributed by atoms with Gasteiger partial charge in [0.2, 0.25) is 0 Å². The molecule has 0 heterocycles. The average molecular weight is 166 g/mol. The van der Waals surface area contributed by atoms with Crippen LogP contribution >= 0.6 is 0 Å². The number of alkyl halides is 3. The van der Waals surface area contributed by atoms with Crippen molar-refractivity contribution in [2.24, 2.45) is 17.8 Å². The van der Waals surface area contributed by atoms with Crippen molar-refractivity contribution in [3.8, 4) is 0 Å². The maximum absolute atomic E-state index is 12.1. The molecule has 66 valence electrons. The summed E-state index contributed by atoms with van der Waals surface area (Å²) in [5.41, 5.74) is 0. The molecule has 1 saturated carbocycles. The first-order chi connectivity index (χ1) is 4.93. The Morgan fingerprint density at radius 1 is 1.18 bits per heavy atom. The third-order valence-corrected chi connectivity index (χ3v) is 2.60. The average Bonchev–Trinajstić information content (AvgIpc) is 1.51. The molecule has 0 N–H and O–H groups in total. The molecule has 2 atom stereocenters. The van der Waals surface area contributed by atoms with Gasteiger partial charge in [-0.2, -0.15) is 13.2 Å². The van der Waals surface area contributed by atoms with Crippen LogP contribution in [0.4, 0.5) is 13.2 Å². The smallest absolute Gasteiger partial charge is 0.171 e. The lowest BCUT2D eigenvalue weighted by molar-refractivity contribution is -0.218. The quantitative estimate of drug-likeness (QED) is 0.561. The largest absolute Gasteiger partial charge is 0.392 e. The highest BCUT2D eigenvalue weighted by Gasteiger charge is 2.50. The zero-order valence-corrected chi connectivity index (χ0v) is 6.78. The maximum atomic E-state index is 12.1. The Kier molecular flexibility index (Phi) is 2.17. The topological polar surface area (TPSA) is 0 Å². The van der Waals surface area contributed by atoms with Gasteiger partial charge in [-0.05, 0) is 24.7 Å². The predicted molar refractivity (Wildman–Crippen MR) is 37.1 cm³/mol. The van der Waals surface area contributed by atoms with E-state index in [2.05, 4.69) is 0 Å². The van der Waals surface area contributed by atoms with Crippen LogP contribution in [0.25, 0.3) is 0 Å². The van der Waals surface area contributed by atoms with Crippen LogP contribution in [-0.2, 0) is 0 Å². The van der Waals surface area contributed by atoms with E-state index >= 15 is 0 Å². The molecule has 0 aromatic heterocycles. The van der Waals surface area contributed by atoms with Crippen LogP contribution in [0.1, 0.15) is 26.7 Å². The van der Waals surface area contributed by atoms with E-state index in [4.69, 9.17) is 0 Å². The van der Waals surface area contributed by atoms with Crippen LogP contribution < -0.4 is 0 Å². The van der Waals surface area contributed by atoms with Crippen molar-refractivity contribution in [2.45, 2.75) is 32.9 Å². The molecule has 0 radical (unpaired) electrons. The maximum Gasteiger partial charge on any atom is 0.392 e.